The molecule has 4 aliphatic heterocycles. The number of rotatable bonds is 15. The molecule has 360 valence electrons. The number of aromatic hydroxyl groups is 2. The molecule has 0 aliphatic carbocycles. The highest BCUT2D eigenvalue weighted by atomic mass is 16.8. The largest absolute Gasteiger partial charge is 0.508 e. The third kappa shape index (κ3) is 11.5. The molecule has 2 aromatic rings. The molecule has 0 bridgehead atoms. The van der Waals surface area contributed by atoms with Gasteiger partial charge in [0.05, 0.1) is 25.4 Å². The summed E-state index contributed by atoms with van der Waals surface area (Å²) in [4.78, 5) is 26.1. The molecule has 2 aromatic carbocycles. The number of phenols is 2. The predicted molar refractivity (Wildman–Crippen MR) is 213 cm³/mol. The number of carbonyl (C=O) groups excluding carboxylic acids is 2. The van der Waals surface area contributed by atoms with Gasteiger partial charge in [0.1, 0.15) is 91.4 Å². The summed E-state index contributed by atoms with van der Waals surface area (Å²) in [7, 11) is 0. The van der Waals surface area contributed by atoms with Crippen LogP contribution >= 0.6 is 0 Å². The maximum Gasteiger partial charge on any atom is 0.331 e. The van der Waals surface area contributed by atoms with Gasteiger partial charge in [-0.1, -0.05) is 24.3 Å². The first-order chi connectivity index (χ1) is 30.9. The maximum atomic E-state index is 13.3. The molecule has 23 heteroatoms. The summed E-state index contributed by atoms with van der Waals surface area (Å²) in [5.41, 5.74) is 0.929. The molecule has 0 aromatic heterocycles. The van der Waals surface area contributed by atoms with Gasteiger partial charge in [-0.15, -0.1) is 0 Å². The van der Waals surface area contributed by atoms with E-state index in [4.69, 9.17) is 42.6 Å². The van der Waals surface area contributed by atoms with Crippen LogP contribution < -0.4 is 0 Å². The average Bonchev–Trinajstić information content (AvgIpc) is 3.53. The number of aliphatic hydroxyl groups excluding tert-OH is 10. The molecule has 4 aliphatic rings. The number of hydrogen-bond donors (Lipinski definition) is 12. The van der Waals surface area contributed by atoms with Crippen molar-refractivity contribution in [1.29, 1.82) is 0 Å². The van der Waals surface area contributed by atoms with Crippen molar-refractivity contribution in [2.24, 2.45) is 0 Å². The molecule has 4 fully saturated rings. The fraction of sp³-hybridized carbons (Fsp3) is 0.571. The van der Waals surface area contributed by atoms with Crippen LogP contribution in [0.25, 0.3) is 12.2 Å². The first-order valence-electron chi connectivity index (χ1n) is 20.5. The zero-order valence-corrected chi connectivity index (χ0v) is 34.8. The van der Waals surface area contributed by atoms with Crippen molar-refractivity contribution in [2.75, 3.05) is 19.8 Å². The van der Waals surface area contributed by atoms with Gasteiger partial charge in [-0.3, -0.25) is 0 Å². The Kier molecular flexibility index (Phi) is 16.7. The molecule has 0 spiro atoms. The van der Waals surface area contributed by atoms with Crippen molar-refractivity contribution in [3.8, 4) is 11.5 Å². The van der Waals surface area contributed by atoms with Gasteiger partial charge in [-0.2, -0.15) is 0 Å². The molecular formula is C42H54O23. The molecule has 19 atom stereocenters. The van der Waals surface area contributed by atoms with Gasteiger partial charge in [-0.05, 0) is 61.4 Å². The Morgan fingerprint density at radius 3 is 1.66 bits per heavy atom. The smallest absolute Gasteiger partial charge is 0.331 e. The van der Waals surface area contributed by atoms with Gasteiger partial charge in [0, 0.05) is 12.2 Å². The Bertz CT molecular complexity index is 1930. The lowest BCUT2D eigenvalue weighted by Crippen LogP contribution is -2.67. The van der Waals surface area contributed by atoms with Crippen molar-refractivity contribution >= 4 is 24.1 Å². The quantitative estimate of drug-likeness (QED) is 0.0603. The van der Waals surface area contributed by atoms with E-state index in [9.17, 15) is 70.9 Å². The van der Waals surface area contributed by atoms with Crippen LogP contribution in [-0.2, 0) is 52.2 Å². The van der Waals surface area contributed by atoms with E-state index in [1.54, 1.807) is 0 Å². The summed E-state index contributed by atoms with van der Waals surface area (Å²) in [6.07, 6.45) is -26.9. The zero-order chi connectivity index (χ0) is 47.3. The van der Waals surface area contributed by atoms with Crippen LogP contribution in [0.4, 0.5) is 0 Å². The average molecular weight is 927 g/mol. The minimum Gasteiger partial charge on any atom is -0.508 e. The van der Waals surface area contributed by atoms with E-state index in [1.165, 1.54) is 74.5 Å². The second kappa shape index (κ2) is 21.6. The Labute approximate surface area is 370 Å². The van der Waals surface area contributed by atoms with Crippen LogP contribution in [0, 0.1) is 0 Å². The minimum absolute atomic E-state index is 0.0252. The number of aliphatic hydroxyl groups is 10. The van der Waals surface area contributed by atoms with Crippen molar-refractivity contribution in [2.45, 2.75) is 130 Å². The maximum absolute atomic E-state index is 13.3. The van der Waals surface area contributed by atoms with Crippen molar-refractivity contribution in [3.63, 3.8) is 0 Å². The molecule has 0 amide bonds. The monoisotopic (exact) mass is 926 g/mol. The van der Waals surface area contributed by atoms with Gasteiger partial charge in [0.25, 0.3) is 0 Å². The van der Waals surface area contributed by atoms with E-state index in [0.29, 0.717) is 11.1 Å². The summed E-state index contributed by atoms with van der Waals surface area (Å²) < 4.78 is 51.5. The molecule has 4 heterocycles. The number of benzene rings is 2. The molecule has 65 heavy (non-hydrogen) atoms. The molecular weight excluding hydrogens is 872 g/mol. The van der Waals surface area contributed by atoms with E-state index in [-0.39, 0.29) is 11.5 Å². The van der Waals surface area contributed by atoms with E-state index in [0.717, 1.165) is 12.2 Å². The fourth-order valence-corrected chi connectivity index (χ4v) is 7.52. The summed E-state index contributed by atoms with van der Waals surface area (Å²) in [6.45, 7) is -0.142. The first-order valence-corrected chi connectivity index (χ1v) is 20.5. The number of ether oxygens (including phenoxy) is 9. The lowest BCUT2D eigenvalue weighted by Gasteiger charge is -2.49. The van der Waals surface area contributed by atoms with Crippen LogP contribution in [0.15, 0.2) is 60.7 Å². The highest BCUT2D eigenvalue weighted by Gasteiger charge is 2.61. The molecule has 23 nitrogen and oxygen atoms in total. The molecule has 19 unspecified atom stereocenters. The van der Waals surface area contributed by atoms with E-state index >= 15 is 0 Å². The summed E-state index contributed by atoms with van der Waals surface area (Å²) in [5.74, 6) is -4.81. The number of carbonyl (C=O) groups is 2. The van der Waals surface area contributed by atoms with Gasteiger partial charge in [0.2, 0.25) is 5.79 Å². The predicted octanol–water partition coefficient (Wildman–Crippen LogP) is -3.75. The highest BCUT2D eigenvalue weighted by molar-refractivity contribution is 5.87. The van der Waals surface area contributed by atoms with Crippen LogP contribution in [0.3, 0.4) is 0 Å². The van der Waals surface area contributed by atoms with Crippen LogP contribution in [0.1, 0.15) is 25.0 Å². The topological polar surface area (TPSA) is 360 Å². The lowest BCUT2D eigenvalue weighted by molar-refractivity contribution is -0.402. The summed E-state index contributed by atoms with van der Waals surface area (Å²) in [5, 5.41) is 127. The first kappa shape index (κ1) is 50.2. The SMILES string of the molecule is CC1OC(OC2C(C)OC(OC3C(O)C(OC4(COC(=O)/C=C/c5ccc(O)cc5)OC(CO)C(O)C4O)OC(CO)C3OC(=O)/C=C/c3ccc(O)cc3)C(O)C2O)C(O)C(O)C1O. The van der Waals surface area contributed by atoms with E-state index < -0.39 is 148 Å². The molecule has 0 saturated carbocycles. The fourth-order valence-electron chi connectivity index (χ4n) is 7.52. The number of phenolic OH excluding ortho intramolecular Hbond substituents is 2. The standard InChI is InChI=1S/C42H54O23/c1-18-28(49)30(51)32(53)39(58-18)62-35-19(2)59-40(33(54)31(35)52)63-37-34(55)41(60-25(16-44)36(37)61-27(48)14-8-21-5-11-23(46)12-6-21)65-42(38(56)29(50)24(15-43)64-42)17-57-26(47)13-7-20-3-9-22(45)10-4-20/h3-14,18-19,24-25,28-41,43-46,49-56H,15-17H2,1-2H3/b13-7+,14-8+. The Hall–Kier alpha value is -4.22. The molecule has 4 saturated heterocycles. The third-order valence-electron chi connectivity index (χ3n) is 11.2. The van der Waals surface area contributed by atoms with Crippen molar-refractivity contribution in [3.05, 3.63) is 71.8 Å². The van der Waals surface area contributed by atoms with Gasteiger partial charge < -0.3 is 104 Å². The van der Waals surface area contributed by atoms with Gasteiger partial charge >= 0.3 is 11.9 Å². The molecule has 6 rings (SSSR count). The van der Waals surface area contributed by atoms with Crippen LogP contribution in [-0.4, -0.2) is 209 Å². The Morgan fingerprint density at radius 2 is 1.11 bits per heavy atom. The zero-order valence-electron chi connectivity index (χ0n) is 34.8. The minimum atomic E-state index is -2.62. The van der Waals surface area contributed by atoms with Crippen molar-refractivity contribution in [1.82, 2.24) is 0 Å². The normalized spacial score (nSPS) is 40.0. The second-order valence-corrected chi connectivity index (χ2v) is 15.9. The highest BCUT2D eigenvalue weighted by Crippen LogP contribution is 2.39. The Morgan fingerprint density at radius 1 is 0.585 bits per heavy atom. The van der Waals surface area contributed by atoms with Crippen LogP contribution in [0.2, 0.25) is 0 Å². The summed E-state index contributed by atoms with van der Waals surface area (Å²) in [6, 6.07) is 11.4. The van der Waals surface area contributed by atoms with E-state index in [1.807, 2.05) is 0 Å². The lowest BCUT2D eigenvalue weighted by atomic mass is 9.96. The summed E-state index contributed by atoms with van der Waals surface area (Å²) >= 11 is 0. The number of hydrogen-bond acceptors (Lipinski definition) is 23. The molecule has 0 radical (unpaired) electrons. The van der Waals surface area contributed by atoms with Crippen LogP contribution in [0.5, 0.6) is 11.5 Å². The van der Waals surface area contributed by atoms with Gasteiger partial charge in [0.15, 0.2) is 25.0 Å². The van der Waals surface area contributed by atoms with Crippen molar-refractivity contribution < 1.29 is 113 Å². The third-order valence-corrected chi connectivity index (χ3v) is 11.2. The second-order valence-electron chi connectivity index (χ2n) is 15.9. The number of esters is 2. The Balaban J connectivity index is 1.25. The van der Waals surface area contributed by atoms with E-state index in [2.05, 4.69) is 0 Å². The van der Waals surface area contributed by atoms with Gasteiger partial charge in [-0.25, -0.2) is 9.59 Å². The molecule has 12 N–H and O–H groups in total.